The molecule has 4 rings (SSSR count). The van der Waals surface area contributed by atoms with Crippen molar-refractivity contribution in [2.45, 2.75) is 30.8 Å². The largest absolute Gasteiger partial charge is 0.465 e. The number of hydrogen-bond donors (Lipinski definition) is 1. The van der Waals surface area contributed by atoms with Crippen LogP contribution in [0.2, 0.25) is 0 Å². The van der Waals surface area contributed by atoms with Crippen LogP contribution in [0.4, 0.5) is 5.00 Å². The van der Waals surface area contributed by atoms with Crippen molar-refractivity contribution in [3.63, 3.8) is 0 Å². The lowest BCUT2D eigenvalue weighted by Crippen LogP contribution is -2.16. The molecule has 0 saturated heterocycles. The van der Waals surface area contributed by atoms with E-state index in [-0.39, 0.29) is 11.7 Å². The van der Waals surface area contributed by atoms with Crippen LogP contribution < -0.4 is 5.32 Å². The number of nitrogens with zero attached hydrogens (tertiary/aromatic N) is 3. The summed E-state index contributed by atoms with van der Waals surface area (Å²) in [5, 5.41) is 16.5. The number of fused-ring (bicyclic) bond motifs is 1. The van der Waals surface area contributed by atoms with E-state index in [0.29, 0.717) is 15.7 Å². The molecular formula is C19H20N4O3S3. The van der Waals surface area contributed by atoms with Crippen LogP contribution in [0.1, 0.15) is 33.6 Å². The van der Waals surface area contributed by atoms with Gasteiger partial charge in [-0.15, -0.1) is 32.9 Å². The van der Waals surface area contributed by atoms with Crippen LogP contribution in [-0.2, 0) is 29.4 Å². The molecule has 152 valence electrons. The Labute approximate surface area is 180 Å². The first-order valence-corrected chi connectivity index (χ1v) is 11.9. The van der Waals surface area contributed by atoms with Gasteiger partial charge in [0.2, 0.25) is 5.91 Å². The van der Waals surface area contributed by atoms with Gasteiger partial charge in [0.05, 0.1) is 18.4 Å². The molecule has 1 N–H and O–H groups in total. The van der Waals surface area contributed by atoms with E-state index in [1.807, 2.05) is 11.6 Å². The Morgan fingerprint density at radius 1 is 1.28 bits per heavy atom. The number of anilines is 1. The fraction of sp³-hybridized carbons (Fsp3) is 0.368. The maximum atomic E-state index is 12.4. The number of thiophene rings is 2. The maximum absolute atomic E-state index is 12.4. The molecule has 0 aliphatic heterocycles. The zero-order chi connectivity index (χ0) is 20.4. The van der Waals surface area contributed by atoms with Gasteiger partial charge in [-0.25, -0.2) is 4.79 Å². The van der Waals surface area contributed by atoms with E-state index in [0.717, 1.165) is 24.2 Å². The quantitative estimate of drug-likeness (QED) is 0.453. The van der Waals surface area contributed by atoms with Gasteiger partial charge in [-0.05, 0) is 42.7 Å². The zero-order valence-electron chi connectivity index (χ0n) is 16.1. The lowest BCUT2D eigenvalue weighted by molar-refractivity contribution is -0.113. The van der Waals surface area contributed by atoms with E-state index in [2.05, 4.69) is 20.9 Å². The SMILES string of the molecule is COC(=O)c1ccsc1NC(=O)CSc1nnc(-c2csc3c2CCCC3)n1C. The Balaban J connectivity index is 1.42. The number of carbonyl (C=O) groups is 2. The predicted molar refractivity (Wildman–Crippen MR) is 116 cm³/mol. The van der Waals surface area contributed by atoms with Crippen molar-refractivity contribution in [3.8, 4) is 11.4 Å². The second-order valence-electron chi connectivity index (χ2n) is 6.62. The fourth-order valence-corrected chi connectivity index (χ4v) is 5.95. The molecule has 3 aromatic rings. The number of aromatic nitrogens is 3. The Bertz CT molecular complexity index is 1050. The molecule has 29 heavy (non-hydrogen) atoms. The number of rotatable bonds is 6. The third kappa shape index (κ3) is 4.10. The van der Waals surface area contributed by atoms with Crippen LogP contribution >= 0.6 is 34.4 Å². The maximum Gasteiger partial charge on any atom is 0.340 e. The number of thioether (sulfide) groups is 1. The molecule has 0 atom stereocenters. The highest BCUT2D eigenvalue weighted by Crippen LogP contribution is 2.36. The Morgan fingerprint density at radius 3 is 2.93 bits per heavy atom. The van der Waals surface area contributed by atoms with Crippen molar-refractivity contribution in [3.05, 3.63) is 32.8 Å². The van der Waals surface area contributed by atoms with Crippen LogP contribution in [0.5, 0.6) is 0 Å². The van der Waals surface area contributed by atoms with Crippen LogP contribution in [0.3, 0.4) is 0 Å². The molecule has 3 aromatic heterocycles. The summed E-state index contributed by atoms with van der Waals surface area (Å²) in [6.45, 7) is 0. The van der Waals surface area contributed by atoms with Crippen molar-refractivity contribution in [1.29, 1.82) is 0 Å². The number of ether oxygens (including phenoxy) is 1. The minimum atomic E-state index is -0.466. The molecule has 0 unspecified atom stereocenters. The van der Waals surface area contributed by atoms with E-state index < -0.39 is 5.97 Å². The third-order valence-corrected chi connectivity index (χ3v) is 7.73. The third-order valence-electron chi connectivity index (χ3n) is 4.79. The molecule has 0 spiro atoms. The number of carbonyl (C=O) groups excluding carboxylic acids is 2. The monoisotopic (exact) mass is 448 g/mol. The van der Waals surface area contributed by atoms with Crippen LogP contribution in [0.15, 0.2) is 22.0 Å². The molecule has 1 amide bonds. The molecule has 0 bridgehead atoms. The summed E-state index contributed by atoms with van der Waals surface area (Å²) in [7, 11) is 3.24. The van der Waals surface area contributed by atoms with Crippen LogP contribution in [0, 0.1) is 0 Å². The summed E-state index contributed by atoms with van der Waals surface area (Å²) in [4.78, 5) is 25.5. The Kier molecular flexibility index (Phi) is 6.02. The van der Waals surface area contributed by atoms with Gasteiger partial charge in [0.25, 0.3) is 0 Å². The minimum Gasteiger partial charge on any atom is -0.465 e. The lowest BCUT2D eigenvalue weighted by Gasteiger charge is -2.12. The van der Waals surface area contributed by atoms with Crippen molar-refractivity contribution in [1.82, 2.24) is 14.8 Å². The molecule has 0 radical (unpaired) electrons. The average molecular weight is 449 g/mol. The highest BCUT2D eigenvalue weighted by molar-refractivity contribution is 7.99. The second-order valence-corrected chi connectivity index (χ2v) is 9.44. The van der Waals surface area contributed by atoms with Crippen molar-refractivity contribution in [2.24, 2.45) is 7.05 Å². The number of methoxy groups -OCH3 is 1. The first-order chi connectivity index (χ1) is 14.1. The zero-order valence-corrected chi connectivity index (χ0v) is 18.5. The smallest absolute Gasteiger partial charge is 0.340 e. The summed E-state index contributed by atoms with van der Waals surface area (Å²) in [6.07, 6.45) is 4.71. The fourth-order valence-electron chi connectivity index (χ4n) is 3.33. The average Bonchev–Trinajstić information content (AvgIpc) is 3.44. The predicted octanol–water partition coefficient (Wildman–Crippen LogP) is 4.00. The van der Waals surface area contributed by atoms with Gasteiger partial charge in [0.15, 0.2) is 11.0 Å². The molecule has 0 saturated carbocycles. The van der Waals surface area contributed by atoms with Crippen molar-refractivity contribution < 1.29 is 14.3 Å². The number of aryl methyl sites for hydroxylation is 1. The molecule has 1 aliphatic carbocycles. The van der Waals surface area contributed by atoms with Gasteiger partial charge in [0.1, 0.15) is 5.00 Å². The summed E-state index contributed by atoms with van der Waals surface area (Å²) in [5.74, 6) is 0.344. The minimum absolute atomic E-state index is 0.173. The van der Waals surface area contributed by atoms with E-state index in [1.165, 1.54) is 53.5 Å². The molecule has 0 aromatic carbocycles. The summed E-state index contributed by atoms with van der Waals surface area (Å²) in [6, 6.07) is 1.63. The highest BCUT2D eigenvalue weighted by Gasteiger charge is 2.21. The van der Waals surface area contributed by atoms with Gasteiger partial charge in [-0.3, -0.25) is 4.79 Å². The highest BCUT2D eigenvalue weighted by atomic mass is 32.2. The first-order valence-electron chi connectivity index (χ1n) is 9.16. The molecule has 1 aliphatic rings. The van der Waals surface area contributed by atoms with E-state index in [4.69, 9.17) is 4.74 Å². The van der Waals surface area contributed by atoms with E-state index in [9.17, 15) is 9.59 Å². The second kappa shape index (κ2) is 8.68. The van der Waals surface area contributed by atoms with Crippen LogP contribution in [-0.4, -0.2) is 39.5 Å². The Morgan fingerprint density at radius 2 is 2.10 bits per heavy atom. The number of hydrogen-bond acceptors (Lipinski definition) is 8. The number of amides is 1. The van der Waals surface area contributed by atoms with Gasteiger partial charge in [0, 0.05) is 22.9 Å². The topological polar surface area (TPSA) is 86.1 Å². The van der Waals surface area contributed by atoms with Crippen molar-refractivity contribution >= 4 is 51.3 Å². The number of esters is 1. The van der Waals surface area contributed by atoms with Crippen molar-refractivity contribution in [2.75, 3.05) is 18.2 Å². The standard InChI is InChI=1S/C19H20N4O3S3/c1-23-16(13-9-28-14-6-4-3-5-11(13)14)21-22-19(23)29-10-15(24)20-17-12(7-8-27-17)18(25)26-2/h7-9H,3-6,10H2,1-2H3,(H,20,24). The molecule has 0 fully saturated rings. The lowest BCUT2D eigenvalue weighted by atomic mass is 9.96. The van der Waals surface area contributed by atoms with E-state index >= 15 is 0 Å². The summed E-state index contributed by atoms with van der Waals surface area (Å²) >= 11 is 4.41. The number of nitrogens with one attached hydrogen (secondary N) is 1. The normalized spacial score (nSPS) is 13.2. The van der Waals surface area contributed by atoms with Crippen LogP contribution in [0.25, 0.3) is 11.4 Å². The van der Waals surface area contributed by atoms with Gasteiger partial charge < -0.3 is 14.6 Å². The Hall–Kier alpha value is -2.17. The van der Waals surface area contributed by atoms with Gasteiger partial charge >= 0.3 is 5.97 Å². The van der Waals surface area contributed by atoms with Gasteiger partial charge in [-0.2, -0.15) is 0 Å². The molecule has 10 heteroatoms. The molecule has 3 heterocycles. The molecular weight excluding hydrogens is 428 g/mol. The summed E-state index contributed by atoms with van der Waals surface area (Å²) < 4.78 is 6.67. The summed E-state index contributed by atoms with van der Waals surface area (Å²) in [5.41, 5.74) is 2.93. The van der Waals surface area contributed by atoms with Gasteiger partial charge in [-0.1, -0.05) is 11.8 Å². The van der Waals surface area contributed by atoms with E-state index in [1.54, 1.807) is 22.8 Å². The first kappa shape index (κ1) is 20.1. The molecule has 7 nitrogen and oxygen atoms in total.